The molecule has 0 aliphatic carbocycles. The Hall–Kier alpha value is -1.14. The molecule has 18 heavy (non-hydrogen) atoms. The molecule has 0 fully saturated rings. The van der Waals surface area contributed by atoms with Gasteiger partial charge in [-0.2, -0.15) is 0 Å². The lowest BCUT2D eigenvalue weighted by atomic mass is 9.95. The van der Waals surface area contributed by atoms with Crippen LogP contribution in [0.2, 0.25) is 0 Å². The van der Waals surface area contributed by atoms with Crippen LogP contribution in [0.15, 0.2) is 22.7 Å². The van der Waals surface area contributed by atoms with E-state index in [4.69, 9.17) is 11.6 Å². The van der Waals surface area contributed by atoms with Gasteiger partial charge < -0.3 is 5.32 Å². The number of anilines is 1. The van der Waals surface area contributed by atoms with Gasteiger partial charge in [-0.3, -0.25) is 14.9 Å². The molecular formula is C11H12BrClN2O3. The zero-order valence-electron chi connectivity index (χ0n) is 9.87. The van der Waals surface area contributed by atoms with Gasteiger partial charge in [0.1, 0.15) is 5.69 Å². The summed E-state index contributed by atoms with van der Waals surface area (Å²) in [6, 6.07) is 4.43. The van der Waals surface area contributed by atoms with Gasteiger partial charge in [-0.25, -0.2) is 0 Å². The number of halogens is 2. The number of carbonyl (C=O) groups is 1. The summed E-state index contributed by atoms with van der Waals surface area (Å²) in [5.41, 5.74) is -0.794. The zero-order chi connectivity index (χ0) is 13.9. The highest BCUT2D eigenvalue weighted by atomic mass is 79.9. The maximum atomic E-state index is 11.9. The molecule has 1 amide bonds. The molecule has 1 N–H and O–H groups in total. The van der Waals surface area contributed by atoms with E-state index < -0.39 is 10.3 Å². The summed E-state index contributed by atoms with van der Waals surface area (Å²) in [5, 5.41) is 13.4. The molecule has 0 radical (unpaired) electrons. The van der Waals surface area contributed by atoms with E-state index in [1.807, 2.05) is 0 Å². The van der Waals surface area contributed by atoms with Gasteiger partial charge in [-0.05, 0) is 26.0 Å². The summed E-state index contributed by atoms with van der Waals surface area (Å²) in [6.45, 7) is 3.33. The number of amides is 1. The first kappa shape index (κ1) is 14.9. The standard InChI is InChI=1S/C11H12BrClN2O3/c1-11(2,6-13)10(16)14-8-4-3-7(12)5-9(8)15(17)18/h3-5H,6H2,1-2H3,(H,14,16). The number of carbonyl (C=O) groups excluding carboxylic acids is 1. The van der Waals surface area contributed by atoms with E-state index in [-0.39, 0.29) is 23.2 Å². The first-order valence-corrected chi connectivity index (χ1v) is 6.42. The number of rotatable bonds is 4. The van der Waals surface area contributed by atoms with Crippen LogP contribution in [0.1, 0.15) is 13.8 Å². The molecule has 0 saturated carbocycles. The van der Waals surface area contributed by atoms with Crippen LogP contribution < -0.4 is 5.32 Å². The Kier molecular flexibility index (Phi) is 4.70. The quantitative estimate of drug-likeness (QED) is 0.519. The molecule has 1 rings (SSSR count). The highest BCUT2D eigenvalue weighted by molar-refractivity contribution is 9.10. The van der Waals surface area contributed by atoms with Crippen LogP contribution in [-0.2, 0) is 4.79 Å². The zero-order valence-corrected chi connectivity index (χ0v) is 12.2. The van der Waals surface area contributed by atoms with Gasteiger partial charge in [-0.1, -0.05) is 15.9 Å². The lowest BCUT2D eigenvalue weighted by Crippen LogP contribution is -2.32. The second-order valence-electron chi connectivity index (χ2n) is 4.39. The molecule has 0 saturated heterocycles. The molecule has 0 aliphatic heterocycles. The van der Waals surface area contributed by atoms with Crippen LogP contribution in [0.5, 0.6) is 0 Å². The maximum absolute atomic E-state index is 11.9. The van der Waals surface area contributed by atoms with E-state index in [1.165, 1.54) is 12.1 Å². The van der Waals surface area contributed by atoms with Crippen LogP contribution in [-0.4, -0.2) is 16.7 Å². The van der Waals surface area contributed by atoms with Gasteiger partial charge in [0, 0.05) is 16.4 Å². The van der Waals surface area contributed by atoms with Crippen molar-refractivity contribution in [2.45, 2.75) is 13.8 Å². The minimum Gasteiger partial charge on any atom is -0.320 e. The molecule has 1 aromatic rings. The molecule has 0 aliphatic rings. The third kappa shape index (κ3) is 3.43. The van der Waals surface area contributed by atoms with Crippen molar-refractivity contribution in [2.75, 3.05) is 11.2 Å². The molecule has 0 heterocycles. The second-order valence-corrected chi connectivity index (χ2v) is 5.57. The van der Waals surface area contributed by atoms with Gasteiger partial charge in [-0.15, -0.1) is 11.6 Å². The van der Waals surface area contributed by atoms with Crippen molar-refractivity contribution in [1.29, 1.82) is 0 Å². The van der Waals surface area contributed by atoms with Gasteiger partial charge in [0.05, 0.1) is 10.3 Å². The maximum Gasteiger partial charge on any atom is 0.293 e. The first-order chi connectivity index (χ1) is 8.27. The normalized spacial score (nSPS) is 11.1. The Balaban J connectivity index is 3.05. The van der Waals surface area contributed by atoms with Crippen LogP contribution in [0.4, 0.5) is 11.4 Å². The fourth-order valence-corrected chi connectivity index (χ4v) is 1.58. The van der Waals surface area contributed by atoms with E-state index in [9.17, 15) is 14.9 Å². The fourth-order valence-electron chi connectivity index (χ4n) is 1.11. The topological polar surface area (TPSA) is 72.2 Å². The van der Waals surface area contributed by atoms with Gasteiger partial charge >= 0.3 is 0 Å². The number of nitrogens with one attached hydrogen (secondary N) is 1. The predicted octanol–water partition coefficient (Wildman–Crippen LogP) is 3.56. The van der Waals surface area contributed by atoms with E-state index >= 15 is 0 Å². The minimum atomic E-state index is -0.789. The molecule has 5 nitrogen and oxygen atoms in total. The van der Waals surface area contributed by atoms with Crippen molar-refractivity contribution in [2.24, 2.45) is 5.41 Å². The lowest BCUT2D eigenvalue weighted by molar-refractivity contribution is -0.384. The number of nitro groups is 1. The Morgan fingerprint density at radius 3 is 2.67 bits per heavy atom. The molecule has 0 unspecified atom stereocenters. The molecule has 98 valence electrons. The Morgan fingerprint density at radius 1 is 1.56 bits per heavy atom. The first-order valence-electron chi connectivity index (χ1n) is 5.09. The Morgan fingerprint density at radius 2 is 2.17 bits per heavy atom. The molecule has 0 atom stereocenters. The number of nitrogens with zero attached hydrogens (tertiary/aromatic N) is 1. The van der Waals surface area contributed by atoms with Crippen molar-refractivity contribution < 1.29 is 9.72 Å². The highest BCUT2D eigenvalue weighted by Gasteiger charge is 2.28. The Labute approximate surface area is 118 Å². The summed E-state index contributed by atoms with van der Waals surface area (Å²) in [6.07, 6.45) is 0. The minimum absolute atomic E-state index is 0.128. The van der Waals surface area contributed by atoms with Crippen molar-refractivity contribution >= 4 is 44.8 Å². The summed E-state index contributed by atoms with van der Waals surface area (Å²) in [4.78, 5) is 22.2. The number of hydrogen-bond donors (Lipinski definition) is 1. The van der Waals surface area contributed by atoms with Crippen LogP contribution in [0.3, 0.4) is 0 Å². The average molecular weight is 336 g/mol. The second kappa shape index (κ2) is 5.67. The van der Waals surface area contributed by atoms with Crippen LogP contribution in [0, 0.1) is 15.5 Å². The van der Waals surface area contributed by atoms with Crippen molar-refractivity contribution in [3.63, 3.8) is 0 Å². The lowest BCUT2D eigenvalue weighted by Gasteiger charge is -2.20. The molecular weight excluding hydrogens is 323 g/mol. The predicted molar refractivity (Wildman–Crippen MR) is 73.9 cm³/mol. The number of hydrogen-bond acceptors (Lipinski definition) is 3. The highest BCUT2D eigenvalue weighted by Crippen LogP contribution is 2.29. The average Bonchev–Trinajstić information content (AvgIpc) is 2.31. The van der Waals surface area contributed by atoms with Crippen molar-refractivity contribution in [1.82, 2.24) is 0 Å². The third-order valence-electron chi connectivity index (χ3n) is 2.35. The third-order valence-corrected chi connectivity index (χ3v) is 3.51. The van der Waals surface area contributed by atoms with Crippen molar-refractivity contribution in [3.8, 4) is 0 Å². The number of benzene rings is 1. The molecule has 0 bridgehead atoms. The summed E-state index contributed by atoms with van der Waals surface area (Å²) < 4.78 is 0.573. The summed E-state index contributed by atoms with van der Waals surface area (Å²) in [7, 11) is 0. The number of nitro benzene ring substituents is 1. The Bertz CT molecular complexity index is 491. The fraction of sp³-hybridized carbons (Fsp3) is 0.364. The van der Waals surface area contributed by atoms with Gasteiger partial charge in [0.25, 0.3) is 5.69 Å². The molecule has 7 heteroatoms. The summed E-state index contributed by atoms with van der Waals surface area (Å²) >= 11 is 8.83. The molecule has 0 spiro atoms. The van der Waals surface area contributed by atoms with E-state index in [0.717, 1.165) is 0 Å². The van der Waals surface area contributed by atoms with E-state index in [2.05, 4.69) is 21.2 Å². The van der Waals surface area contributed by atoms with Crippen LogP contribution >= 0.6 is 27.5 Å². The van der Waals surface area contributed by atoms with Gasteiger partial charge in [0.2, 0.25) is 5.91 Å². The smallest absolute Gasteiger partial charge is 0.293 e. The molecule has 1 aromatic carbocycles. The van der Waals surface area contributed by atoms with Crippen molar-refractivity contribution in [3.05, 3.63) is 32.8 Å². The van der Waals surface area contributed by atoms with Gasteiger partial charge in [0.15, 0.2) is 0 Å². The summed E-state index contributed by atoms with van der Waals surface area (Å²) in [5.74, 6) is -0.230. The monoisotopic (exact) mass is 334 g/mol. The van der Waals surface area contributed by atoms with E-state index in [1.54, 1.807) is 19.9 Å². The number of alkyl halides is 1. The molecule has 0 aromatic heterocycles. The van der Waals surface area contributed by atoms with Crippen LogP contribution in [0.25, 0.3) is 0 Å². The SMILES string of the molecule is CC(C)(CCl)C(=O)Nc1ccc(Br)cc1[N+](=O)[O-]. The largest absolute Gasteiger partial charge is 0.320 e. The van der Waals surface area contributed by atoms with E-state index in [0.29, 0.717) is 4.47 Å².